The van der Waals surface area contributed by atoms with Crippen LogP contribution in [-0.2, 0) is 23.3 Å². The van der Waals surface area contributed by atoms with Crippen LogP contribution in [0.5, 0.6) is 0 Å². The van der Waals surface area contributed by atoms with Crippen LogP contribution >= 0.6 is 0 Å². The van der Waals surface area contributed by atoms with Crippen molar-refractivity contribution in [3.05, 3.63) is 114 Å². The summed E-state index contributed by atoms with van der Waals surface area (Å²) in [5.41, 5.74) is 7.78. The van der Waals surface area contributed by atoms with Gasteiger partial charge in [0, 0.05) is 49.2 Å². The number of aromatic amines is 1. The van der Waals surface area contributed by atoms with E-state index in [1.807, 2.05) is 47.5 Å². The Morgan fingerprint density at radius 1 is 0.976 bits per heavy atom. The van der Waals surface area contributed by atoms with Crippen LogP contribution in [0.3, 0.4) is 0 Å². The van der Waals surface area contributed by atoms with Crippen LogP contribution in [0.2, 0.25) is 0 Å². The fraction of sp³-hybridized carbons (Fsp3) is 0.265. The number of ether oxygens (including phenoxy) is 1. The molecule has 0 aliphatic carbocycles. The summed E-state index contributed by atoms with van der Waals surface area (Å²) in [5.74, 6) is 0.907. The van der Waals surface area contributed by atoms with Crippen LogP contribution in [-0.4, -0.2) is 45.6 Å². The van der Waals surface area contributed by atoms with E-state index in [0.29, 0.717) is 13.1 Å². The minimum Gasteiger partial charge on any atom is -0.445 e. The summed E-state index contributed by atoms with van der Waals surface area (Å²) in [6, 6.07) is 27.1. The highest BCUT2D eigenvalue weighted by molar-refractivity contribution is 5.91. The molecule has 4 heterocycles. The summed E-state index contributed by atoms with van der Waals surface area (Å²) in [5, 5.41) is 4.65. The first kappa shape index (κ1) is 26.1. The number of carbonyl (C=O) groups excluding carboxylic acids is 1. The first-order chi connectivity index (χ1) is 20.6. The molecule has 0 atom stereocenters. The lowest BCUT2D eigenvalue weighted by Gasteiger charge is -2.39. The van der Waals surface area contributed by atoms with Gasteiger partial charge in [-0.15, -0.1) is 0 Å². The number of nitrogens with one attached hydrogen (secondary N) is 2. The Labute approximate surface area is 245 Å². The normalized spacial score (nSPS) is 15.6. The maximum absolute atomic E-state index is 13.0. The van der Waals surface area contributed by atoms with Gasteiger partial charge in [0.1, 0.15) is 24.4 Å². The van der Waals surface area contributed by atoms with Crippen LogP contribution in [0, 0.1) is 6.92 Å². The molecule has 7 rings (SSSR count). The lowest BCUT2D eigenvalue weighted by Crippen LogP contribution is -2.47. The third-order valence-electron chi connectivity index (χ3n) is 8.67. The fourth-order valence-corrected chi connectivity index (χ4v) is 6.42. The van der Waals surface area contributed by atoms with E-state index in [4.69, 9.17) is 9.72 Å². The van der Waals surface area contributed by atoms with Crippen molar-refractivity contribution in [3.8, 4) is 0 Å². The van der Waals surface area contributed by atoms with Gasteiger partial charge < -0.3 is 24.8 Å². The van der Waals surface area contributed by atoms with Crippen LogP contribution < -0.4 is 10.2 Å². The molecule has 42 heavy (non-hydrogen) atoms. The maximum Gasteiger partial charge on any atom is 0.410 e. The van der Waals surface area contributed by atoms with Crippen molar-refractivity contribution < 1.29 is 9.53 Å². The van der Waals surface area contributed by atoms with E-state index in [-0.39, 0.29) is 18.1 Å². The number of piperidine rings is 1. The lowest BCUT2D eigenvalue weighted by atomic mass is 9.74. The summed E-state index contributed by atoms with van der Waals surface area (Å²) in [6.07, 6.45) is 4.98. The smallest absolute Gasteiger partial charge is 0.410 e. The van der Waals surface area contributed by atoms with Crippen molar-refractivity contribution in [1.29, 1.82) is 0 Å². The van der Waals surface area contributed by atoms with E-state index >= 15 is 0 Å². The number of nitrogens with zero attached hydrogens (tertiary/aromatic N) is 4. The zero-order valence-corrected chi connectivity index (χ0v) is 23.7. The van der Waals surface area contributed by atoms with E-state index in [2.05, 4.69) is 69.6 Å². The summed E-state index contributed by atoms with van der Waals surface area (Å²) >= 11 is 0. The summed E-state index contributed by atoms with van der Waals surface area (Å²) in [6.45, 7) is 5.25. The molecule has 1 amide bonds. The first-order valence-corrected chi connectivity index (χ1v) is 14.5. The molecular weight excluding hydrogens is 524 g/mol. The molecule has 2 N–H and O–H groups in total. The van der Waals surface area contributed by atoms with Gasteiger partial charge in [-0.05, 0) is 60.7 Å². The van der Waals surface area contributed by atoms with Gasteiger partial charge in [0.15, 0.2) is 0 Å². The van der Waals surface area contributed by atoms with E-state index in [0.717, 1.165) is 59.7 Å². The first-order valence-electron chi connectivity index (χ1n) is 14.5. The molecule has 8 heteroatoms. The summed E-state index contributed by atoms with van der Waals surface area (Å²) < 4.78 is 5.67. The predicted octanol–water partition coefficient (Wildman–Crippen LogP) is 6.70. The Balaban J connectivity index is 1.15. The Morgan fingerprint density at radius 2 is 1.81 bits per heavy atom. The number of anilines is 3. The molecule has 1 saturated heterocycles. The number of rotatable bonds is 6. The largest absolute Gasteiger partial charge is 0.445 e. The van der Waals surface area contributed by atoms with Gasteiger partial charge in [0.2, 0.25) is 0 Å². The number of aryl methyl sites for hydroxylation is 1. The predicted molar refractivity (Wildman–Crippen MR) is 165 cm³/mol. The van der Waals surface area contributed by atoms with Crippen molar-refractivity contribution in [3.63, 3.8) is 0 Å². The van der Waals surface area contributed by atoms with Crippen molar-refractivity contribution in [2.45, 2.75) is 38.3 Å². The highest BCUT2D eigenvalue weighted by atomic mass is 16.6. The number of H-pyrrole nitrogens is 1. The highest BCUT2D eigenvalue weighted by Crippen LogP contribution is 2.51. The average Bonchev–Trinajstić information content (AvgIpc) is 3.63. The molecule has 5 aromatic rings. The third-order valence-corrected chi connectivity index (χ3v) is 8.67. The van der Waals surface area contributed by atoms with Crippen molar-refractivity contribution in [2.24, 2.45) is 0 Å². The SMILES string of the molecule is Cc1cccc(CNc2ccc3c(c2)C2(CCN(C(=O)OCc4ccccc4)CC2)CN3c2ncnc3[nH]ccc23)c1. The van der Waals surface area contributed by atoms with Gasteiger partial charge in [-0.3, -0.25) is 0 Å². The molecule has 0 unspecified atom stereocenters. The van der Waals surface area contributed by atoms with Gasteiger partial charge >= 0.3 is 6.09 Å². The molecule has 0 bridgehead atoms. The molecule has 2 aliphatic rings. The number of fused-ring (bicyclic) bond motifs is 3. The second kappa shape index (κ2) is 10.9. The van der Waals surface area contributed by atoms with Gasteiger partial charge in [0.05, 0.1) is 5.39 Å². The number of amides is 1. The van der Waals surface area contributed by atoms with E-state index in [1.54, 1.807) is 6.33 Å². The van der Waals surface area contributed by atoms with Gasteiger partial charge in [-0.2, -0.15) is 0 Å². The van der Waals surface area contributed by atoms with Gasteiger partial charge in [-0.1, -0.05) is 60.2 Å². The molecule has 2 aliphatic heterocycles. The Hall–Kier alpha value is -4.85. The average molecular weight is 559 g/mol. The van der Waals surface area contributed by atoms with Crippen LogP contribution in [0.25, 0.3) is 11.0 Å². The topological polar surface area (TPSA) is 86.4 Å². The Morgan fingerprint density at radius 3 is 2.64 bits per heavy atom. The zero-order valence-electron chi connectivity index (χ0n) is 23.7. The summed E-state index contributed by atoms with van der Waals surface area (Å²) in [7, 11) is 0. The van der Waals surface area contributed by atoms with E-state index in [1.165, 1.54) is 16.7 Å². The van der Waals surface area contributed by atoms with Crippen LogP contribution in [0.1, 0.15) is 35.1 Å². The Kier molecular flexibility index (Phi) is 6.74. The zero-order chi connectivity index (χ0) is 28.5. The van der Waals surface area contributed by atoms with Crippen LogP contribution in [0.4, 0.5) is 22.0 Å². The molecule has 8 nitrogen and oxygen atoms in total. The molecule has 2 aromatic heterocycles. The minimum absolute atomic E-state index is 0.111. The molecule has 1 spiro atoms. The molecule has 0 radical (unpaired) electrons. The number of hydrogen-bond acceptors (Lipinski definition) is 6. The standard InChI is InChI=1S/C34H34N6O2/c1-24-6-5-9-26(18-24)20-36-27-10-11-30-29(19-27)34(22-40(30)32-28-12-15-35-31(28)37-23-38-32)13-16-39(17-14-34)33(41)42-21-25-7-3-2-4-8-25/h2-12,15,18-19,23,36H,13-14,16-17,20-22H2,1H3,(H,35,37,38). The Bertz CT molecular complexity index is 1720. The number of benzene rings is 3. The highest BCUT2D eigenvalue weighted by Gasteiger charge is 2.46. The quantitative estimate of drug-likeness (QED) is 0.241. The van der Waals surface area contributed by atoms with E-state index in [9.17, 15) is 4.79 Å². The molecular formula is C34H34N6O2. The fourth-order valence-electron chi connectivity index (χ4n) is 6.42. The second-order valence-corrected chi connectivity index (χ2v) is 11.4. The van der Waals surface area contributed by atoms with Crippen molar-refractivity contribution in [2.75, 3.05) is 29.9 Å². The van der Waals surface area contributed by atoms with E-state index < -0.39 is 0 Å². The number of aromatic nitrogens is 3. The molecule has 1 fully saturated rings. The summed E-state index contributed by atoms with van der Waals surface area (Å²) in [4.78, 5) is 29.5. The van der Waals surface area contributed by atoms with Crippen LogP contribution in [0.15, 0.2) is 91.4 Å². The maximum atomic E-state index is 13.0. The number of carbonyl (C=O) groups is 1. The third kappa shape index (κ3) is 4.93. The number of likely N-dealkylation sites (tertiary alicyclic amines) is 1. The van der Waals surface area contributed by atoms with Crippen molar-refractivity contribution in [1.82, 2.24) is 19.9 Å². The monoisotopic (exact) mass is 558 g/mol. The molecule has 0 saturated carbocycles. The molecule has 3 aromatic carbocycles. The molecule has 212 valence electrons. The van der Waals surface area contributed by atoms with Gasteiger partial charge in [0.25, 0.3) is 0 Å². The van der Waals surface area contributed by atoms with Crippen molar-refractivity contribution >= 4 is 34.3 Å². The van der Waals surface area contributed by atoms with Gasteiger partial charge in [-0.25, -0.2) is 14.8 Å². The number of hydrogen-bond donors (Lipinski definition) is 2. The second-order valence-electron chi connectivity index (χ2n) is 11.4. The minimum atomic E-state index is -0.248. The lowest BCUT2D eigenvalue weighted by molar-refractivity contribution is 0.0791.